The molecule has 18 heavy (non-hydrogen) atoms. The summed E-state index contributed by atoms with van der Waals surface area (Å²) in [4.78, 5) is 2.28. The van der Waals surface area contributed by atoms with Crippen LogP contribution >= 0.6 is 0 Å². The molecule has 4 heteroatoms. The second-order valence-corrected chi connectivity index (χ2v) is 5.13. The van der Waals surface area contributed by atoms with Gasteiger partial charge in [-0.05, 0) is 32.0 Å². The summed E-state index contributed by atoms with van der Waals surface area (Å²) in [6.07, 6.45) is 2.93. The Labute approximate surface area is 107 Å². The first-order valence-corrected chi connectivity index (χ1v) is 6.60. The molecule has 1 aromatic carbocycles. The van der Waals surface area contributed by atoms with Gasteiger partial charge in [0.1, 0.15) is 5.82 Å². The molecule has 3 nitrogen and oxygen atoms in total. The van der Waals surface area contributed by atoms with E-state index in [4.69, 9.17) is 4.74 Å². The number of nitrogens with one attached hydrogen (secondary N) is 1. The summed E-state index contributed by atoms with van der Waals surface area (Å²) in [5.74, 6) is -0.124. The lowest BCUT2D eigenvalue weighted by atomic mass is 10.1. The van der Waals surface area contributed by atoms with Crippen molar-refractivity contribution in [2.75, 3.05) is 25.0 Å². The van der Waals surface area contributed by atoms with Crippen molar-refractivity contribution in [2.24, 2.45) is 0 Å². The number of ether oxygens (including phenoxy) is 1. The fraction of sp³-hybridized carbons (Fsp3) is 0.571. The van der Waals surface area contributed by atoms with E-state index in [1.807, 2.05) is 13.1 Å². The van der Waals surface area contributed by atoms with Crippen molar-refractivity contribution in [3.8, 4) is 0 Å². The summed E-state index contributed by atoms with van der Waals surface area (Å²) >= 11 is 0. The first-order chi connectivity index (χ1) is 8.78. The Balaban J connectivity index is 1.89. The average molecular weight is 250 g/mol. The molecular formula is C14H19FN2O. The summed E-state index contributed by atoms with van der Waals surface area (Å²) in [5.41, 5.74) is 1.78. The van der Waals surface area contributed by atoms with E-state index in [1.165, 1.54) is 6.07 Å². The van der Waals surface area contributed by atoms with Gasteiger partial charge in [0, 0.05) is 30.9 Å². The molecule has 2 unspecified atom stereocenters. The molecule has 1 N–H and O–H groups in total. The molecule has 2 heterocycles. The molecule has 0 saturated carbocycles. The maximum atomic E-state index is 13.9. The third-order valence-electron chi connectivity index (χ3n) is 3.83. The van der Waals surface area contributed by atoms with Crippen LogP contribution in [0.2, 0.25) is 0 Å². The zero-order chi connectivity index (χ0) is 12.5. The van der Waals surface area contributed by atoms with Crippen molar-refractivity contribution < 1.29 is 9.13 Å². The number of hydrogen-bond donors (Lipinski definition) is 1. The number of halogens is 1. The molecule has 0 aromatic heterocycles. The van der Waals surface area contributed by atoms with Crippen LogP contribution in [-0.4, -0.2) is 32.3 Å². The highest BCUT2D eigenvalue weighted by atomic mass is 19.1. The number of morpholine rings is 1. The van der Waals surface area contributed by atoms with Gasteiger partial charge in [-0.1, -0.05) is 6.07 Å². The van der Waals surface area contributed by atoms with E-state index >= 15 is 0 Å². The van der Waals surface area contributed by atoms with Gasteiger partial charge in [0.15, 0.2) is 0 Å². The summed E-state index contributed by atoms with van der Waals surface area (Å²) in [5, 5.41) is 3.04. The van der Waals surface area contributed by atoms with E-state index in [2.05, 4.69) is 10.2 Å². The number of anilines is 1. The maximum absolute atomic E-state index is 13.9. The Morgan fingerprint density at radius 1 is 1.33 bits per heavy atom. The topological polar surface area (TPSA) is 24.5 Å². The van der Waals surface area contributed by atoms with Gasteiger partial charge < -0.3 is 15.0 Å². The summed E-state index contributed by atoms with van der Waals surface area (Å²) in [6, 6.07) is 5.34. The lowest BCUT2D eigenvalue weighted by molar-refractivity contribution is 0.0304. The van der Waals surface area contributed by atoms with E-state index in [1.54, 1.807) is 6.07 Å². The van der Waals surface area contributed by atoms with Gasteiger partial charge in [0.05, 0.1) is 12.2 Å². The lowest BCUT2D eigenvalue weighted by Crippen LogP contribution is -2.43. The highest BCUT2D eigenvalue weighted by Crippen LogP contribution is 2.32. The molecular weight excluding hydrogens is 231 g/mol. The molecule has 1 aromatic rings. The summed E-state index contributed by atoms with van der Waals surface area (Å²) in [6.45, 7) is 2.34. The Morgan fingerprint density at radius 3 is 2.72 bits per heavy atom. The fourth-order valence-electron chi connectivity index (χ4n) is 3.01. The van der Waals surface area contributed by atoms with Crippen molar-refractivity contribution >= 4 is 5.69 Å². The minimum atomic E-state index is -0.124. The molecule has 0 radical (unpaired) electrons. The number of hydrogen-bond acceptors (Lipinski definition) is 3. The zero-order valence-corrected chi connectivity index (χ0v) is 10.7. The second kappa shape index (κ2) is 4.86. The number of rotatable bonds is 3. The number of fused-ring (bicyclic) bond motifs is 2. The van der Waals surface area contributed by atoms with Crippen LogP contribution < -0.4 is 10.2 Å². The van der Waals surface area contributed by atoms with Crippen molar-refractivity contribution in [3.63, 3.8) is 0 Å². The molecule has 2 saturated heterocycles. The van der Waals surface area contributed by atoms with Crippen molar-refractivity contribution in [1.29, 1.82) is 0 Å². The summed E-state index contributed by atoms with van der Waals surface area (Å²) < 4.78 is 19.7. The molecule has 3 rings (SSSR count). The Kier molecular flexibility index (Phi) is 3.22. The van der Waals surface area contributed by atoms with Gasteiger partial charge in [-0.2, -0.15) is 0 Å². The summed E-state index contributed by atoms with van der Waals surface area (Å²) in [7, 11) is 1.85. The standard InChI is InChI=1S/C14H19FN2O/c1-16-7-12-13(15)3-2-4-14(12)17-8-10-5-6-11(9-17)18-10/h2-4,10-11,16H,5-9H2,1H3. The van der Waals surface area contributed by atoms with Gasteiger partial charge in [0.2, 0.25) is 0 Å². The normalized spacial score (nSPS) is 26.7. The first kappa shape index (κ1) is 11.9. The smallest absolute Gasteiger partial charge is 0.129 e. The quantitative estimate of drug-likeness (QED) is 0.887. The molecule has 2 fully saturated rings. The molecule has 98 valence electrons. The lowest BCUT2D eigenvalue weighted by Gasteiger charge is -2.35. The van der Waals surface area contributed by atoms with E-state index in [-0.39, 0.29) is 5.82 Å². The van der Waals surface area contributed by atoms with Crippen LogP contribution in [0, 0.1) is 5.82 Å². The molecule has 0 spiro atoms. The minimum Gasteiger partial charge on any atom is -0.371 e. The molecule has 0 aliphatic carbocycles. The van der Waals surface area contributed by atoms with Crippen LogP contribution in [0.15, 0.2) is 18.2 Å². The SMILES string of the molecule is CNCc1c(F)cccc1N1CC2CCC(C1)O2. The Bertz CT molecular complexity index is 426. The van der Waals surface area contributed by atoms with Crippen LogP contribution in [0.3, 0.4) is 0 Å². The van der Waals surface area contributed by atoms with E-state index in [0.717, 1.165) is 37.2 Å². The van der Waals surface area contributed by atoms with Crippen LogP contribution in [0.4, 0.5) is 10.1 Å². The highest BCUT2D eigenvalue weighted by Gasteiger charge is 2.34. The molecule has 2 aliphatic rings. The van der Waals surface area contributed by atoms with Gasteiger partial charge in [-0.15, -0.1) is 0 Å². The average Bonchev–Trinajstić information content (AvgIpc) is 2.71. The van der Waals surface area contributed by atoms with Crippen LogP contribution in [0.25, 0.3) is 0 Å². The van der Waals surface area contributed by atoms with Crippen molar-refractivity contribution in [3.05, 3.63) is 29.6 Å². The monoisotopic (exact) mass is 250 g/mol. The van der Waals surface area contributed by atoms with E-state index in [9.17, 15) is 4.39 Å². The van der Waals surface area contributed by atoms with Gasteiger partial charge >= 0.3 is 0 Å². The predicted octanol–water partition coefficient (Wildman–Crippen LogP) is 1.91. The zero-order valence-electron chi connectivity index (χ0n) is 10.7. The molecule has 0 amide bonds. The first-order valence-electron chi connectivity index (χ1n) is 6.60. The Morgan fingerprint density at radius 2 is 2.06 bits per heavy atom. The largest absolute Gasteiger partial charge is 0.371 e. The van der Waals surface area contributed by atoms with Crippen LogP contribution in [0.1, 0.15) is 18.4 Å². The minimum absolute atomic E-state index is 0.124. The van der Waals surface area contributed by atoms with Crippen molar-refractivity contribution in [2.45, 2.75) is 31.6 Å². The van der Waals surface area contributed by atoms with E-state index in [0.29, 0.717) is 18.8 Å². The predicted molar refractivity (Wildman–Crippen MR) is 69.3 cm³/mol. The van der Waals surface area contributed by atoms with Gasteiger partial charge in [-0.25, -0.2) is 4.39 Å². The second-order valence-electron chi connectivity index (χ2n) is 5.13. The maximum Gasteiger partial charge on any atom is 0.129 e. The highest BCUT2D eigenvalue weighted by molar-refractivity contribution is 5.55. The van der Waals surface area contributed by atoms with Gasteiger partial charge in [-0.3, -0.25) is 0 Å². The molecule has 2 aliphatic heterocycles. The fourth-order valence-corrected chi connectivity index (χ4v) is 3.01. The third kappa shape index (κ3) is 2.10. The van der Waals surface area contributed by atoms with E-state index < -0.39 is 0 Å². The number of benzene rings is 1. The van der Waals surface area contributed by atoms with Gasteiger partial charge in [0.25, 0.3) is 0 Å². The third-order valence-corrected chi connectivity index (χ3v) is 3.83. The molecule has 2 bridgehead atoms. The molecule has 2 atom stereocenters. The number of nitrogens with zero attached hydrogens (tertiary/aromatic N) is 1. The van der Waals surface area contributed by atoms with Crippen molar-refractivity contribution in [1.82, 2.24) is 5.32 Å². The van der Waals surface area contributed by atoms with Crippen LogP contribution in [0.5, 0.6) is 0 Å². The Hall–Kier alpha value is -1.13. The van der Waals surface area contributed by atoms with Crippen LogP contribution in [-0.2, 0) is 11.3 Å².